The number of aromatic nitrogens is 2. The SMILES string of the molecule is O=C(Nc1ccc(N2CCCC2=O)cc1)c1cnn(-c2ccccc2)c1. The maximum atomic E-state index is 12.4. The van der Waals surface area contributed by atoms with Gasteiger partial charge in [-0.3, -0.25) is 9.59 Å². The van der Waals surface area contributed by atoms with Crippen LogP contribution in [-0.2, 0) is 4.79 Å². The third-order valence-electron chi connectivity index (χ3n) is 4.38. The number of anilines is 2. The van der Waals surface area contributed by atoms with Gasteiger partial charge in [0, 0.05) is 30.5 Å². The molecule has 0 aliphatic carbocycles. The van der Waals surface area contributed by atoms with Gasteiger partial charge in [-0.05, 0) is 42.8 Å². The summed E-state index contributed by atoms with van der Waals surface area (Å²) in [4.78, 5) is 26.0. The van der Waals surface area contributed by atoms with Crippen LogP contribution in [0.15, 0.2) is 67.0 Å². The minimum Gasteiger partial charge on any atom is -0.322 e. The van der Waals surface area contributed by atoms with Crippen LogP contribution in [0.4, 0.5) is 11.4 Å². The molecule has 3 aromatic rings. The highest BCUT2D eigenvalue weighted by Gasteiger charge is 2.21. The topological polar surface area (TPSA) is 67.2 Å². The Hall–Kier alpha value is -3.41. The molecule has 26 heavy (non-hydrogen) atoms. The first-order valence-corrected chi connectivity index (χ1v) is 8.52. The van der Waals surface area contributed by atoms with E-state index in [-0.39, 0.29) is 11.8 Å². The number of benzene rings is 2. The predicted molar refractivity (Wildman–Crippen MR) is 99.5 cm³/mol. The molecule has 2 heterocycles. The van der Waals surface area contributed by atoms with E-state index in [1.807, 2.05) is 42.5 Å². The summed E-state index contributed by atoms with van der Waals surface area (Å²) < 4.78 is 1.66. The van der Waals surface area contributed by atoms with Crippen molar-refractivity contribution in [3.63, 3.8) is 0 Å². The van der Waals surface area contributed by atoms with Gasteiger partial charge in [0.05, 0.1) is 17.4 Å². The highest BCUT2D eigenvalue weighted by molar-refractivity contribution is 6.04. The van der Waals surface area contributed by atoms with E-state index in [1.54, 1.807) is 34.1 Å². The summed E-state index contributed by atoms with van der Waals surface area (Å²) in [5.74, 6) is -0.0766. The summed E-state index contributed by atoms with van der Waals surface area (Å²) in [5, 5.41) is 7.09. The van der Waals surface area contributed by atoms with Crippen molar-refractivity contribution in [2.45, 2.75) is 12.8 Å². The summed E-state index contributed by atoms with van der Waals surface area (Å²) >= 11 is 0. The number of rotatable bonds is 4. The maximum absolute atomic E-state index is 12.4. The molecule has 130 valence electrons. The summed E-state index contributed by atoms with van der Waals surface area (Å²) in [7, 11) is 0. The van der Waals surface area contributed by atoms with Crippen molar-refractivity contribution in [1.82, 2.24) is 9.78 Å². The molecular weight excluding hydrogens is 328 g/mol. The molecule has 1 aliphatic heterocycles. The highest BCUT2D eigenvalue weighted by Crippen LogP contribution is 2.23. The van der Waals surface area contributed by atoms with Crippen LogP contribution in [0, 0.1) is 0 Å². The van der Waals surface area contributed by atoms with Gasteiger partial charge in [0.1, 0.15) is 0 Å². The quantitative estimate of drug-likeness (QED) is 0.788. The van der Waals surface area contributed by atoms with Crippen LogP contribution in [-0.4, -0.2) is 28.1 Å². The van der Waals surface area contributed by atoms with Gasteiger partial charge in [0.15, 0.2) is 0 Å². The van der Waals surface area contributed by atoms with Gasteiger partial charge < -0.3 is 10.2 Å². The molecule has 0 saturated carbocycles. The molecular formula is C20H18N4O2. The number of hydrogen-bond acceptors (Lipinski definition) is 3. The lowest BCUT2D eigenvalue weighted by Gasteiger charge is -2.16. The Bertz CT molecular complexity index is 932. The zero-order valence-corrected chi connectivity index (χ0v) is 14.1. The third-order valence-corrected chi connectivity index (χ3v) is 4.38. The molecule has 2 aromatic carbocycles. The van der Waals surface area contributed by atoms with Gasteiger partial charge >= 0.3 is 0 Å². The molecule has 0 radical (unpaired) electrons. The predicted octanol–water partition coefficient (Wildman–Crippen LogP) is 3.25. The molecule has 0 bridgehead atoms. The largest absolute Gasteiger partial charge is 0.322 e. The Balaban J connectivity index is 1.45. The first-order chi connectivity index (χ1) is 12.7. The number of hydrogen-bond donors (Lipinski definition) is 1. The second-order valence-electron chi connectivity index (χ2n) is 6.16. The first kappa shape index (κ1) is 16.1. The molecule has 1 aromatic heterocycles. The normalized spacial score (nSPS) is 13.8. The van der Waals surface area contributed by atoms with Gasteiger partial charge in [0.2, 0.25) is 5.91 Å². The van der Waals surface area contributed by atoms with E-state index in [0.29, 0.717) is 17.7 Å². The zero-order chi connectivity index (χ0) is 17.9. The number of carbonyl (C=O) groups is 2. The average molecular weight is 346 g/mol. The van der Waals surface area contributed by atoms with Gasteiger partial charge in [0.25, 0.3) is 5.91 Å². The number of nitrogens with one attached hydrogen (secondary N) is 1. The van der Waals surface area contributed by atoms with E-state index in [1.165, 1.54) is 0 Å². The van der Waals surface area contributed by atoms with E-state index in [2.05, 4.69) is 10.4 Å². The van der Waals surface area contributed by atoms with Crippen LogP contribution in [0.2, 0.25) is 0 Å². The smallest absolute Gasteiger partial charge is 0.258 e. The summed E-state index contributed by atoms with van der Waals surface area (Å²) in [5.41, 5.74) is 2.92. The maximum Gasteiger partial charge on any atom is 0.258 e. The summed E-state index contributed by atoms with van der Waals surface area (Å²) in [6.07, 6.45) is 4.73. The van der Waals surface area contributed by atoms with E-state index in [0.717, 1.165) is 24.3 Å². The molecule has 6 nitrogen and oxygen atoms in total. The lowest BCUT2D eigenvalue weighted by molar-refractivity contribution is -0.117. The molecule has 2 amide bonds. The van der Waals surface area contributed by atoms with Gasteiger partial charge in [-0.1, -0.05) is 18.2 Å². The molecule has 1 fully saturated rings. The van der Waals surface area contributed by atoms with Crippen molar-refractivity contribution in [2.75, 3.05) is 16.8 Å². The van der Waals surface area contributed by atoms with Crippen molar-refractivity contribution in [2.24, 2.45) is 0 Å². The van der Waals surface area contributed by atoms with Crippen LogP contribution in [0.25, 0.3) is 5.69 Å². The Labute approximate surface area is 151 Å². The lowest BCUT2D eigenvalue weighted by atomic mass is 10.2. The molecule has 1 saturated heterocycles. The summed E-state index contributed by atoms with van der Waals surface area (Å²) in [6.45, 7) is 0.753. The second-order valence-corrected chi connectivity index (χ2v) is 6.16. The molecule has 0 spiro atoms. The second kappa shape index (κ2) is 6.84. The standard InChI is InChI=1S/C20H18N4O2/c25-19-7-4-12-23(19)17-10-8-16(9-11-17)22-20(26)15-13-21-24(14-15)18-5-2-1-3-6-18/h1-3,5-6,8-11,13-14H,4,7,12H2,(H,22,26). The molecule has 1 aliphatic rings. The van der Waals surface area contributed by atoms with E-state index in [9.17, 15) is 9.59 Å². The van der Waals surface area contributed by atoms with E-state index in [4.69, 9.17) is 0 Å². The lowest BCUT2D eigenvalue weighted by Crippen LogP contribution is -2.23. The minimum absolute atomic E-state index is 0.148. The molecule has 0 unspecified atom stereocenters. The van der Waals surface area contributed by atoms with Crippen molar-refractivity contribution < 1.29 is 9.59 Å². The van der Waals surface area contributed by atoms with Crippen LogP contribution in [0.3, 0.4) is 0 Å². The fourth-order valence-corrected chi connectivity index (χ4v) is 3.01. The fraction of sp³-hybridized carbons (Fsp3) is 0.150. The van der Waals surface area contributed by atoms with Crippen molar-refractivity contribution in [3.8, 4) is 5.69 Å². The minimum atomic E-state index is -0.225. The first-order valence-electron chi connectivity index (χ1n) is 8.52. The number of amides is 2. The monoisotopic (exact) mass is 346 g/mol. The zero-order valence-electron chi connectivity index (χ0n) is 14.1. The Morgan fingerprint density at radius 3 is 2.46 bits per heavy atom. The van der Waals surface area contributed by atoms with Crippen molar-refractivity contribution in [3.05, 3.63) is 72.6 Å². The van der Waals surface area contributed by atoms with Crippen LogP contribution in [0.5, 0.6) is 0 Å². The fourth-order valence-electron chi connectivity index (χ4n) is 3.01. The van der Waals surface area contributed by atoms with Crippen LogP contribution in [0.1, 0.15) is 23.2 Å². The van der Waals surface area contributed by atoms with Gasteiger partial charge in [-0.25, -0.2) is 4.68 Å². The van der Waals surface area contributed by atoms with E-state index >= 15 is 0 Å². The van der Waals surface area contributed by atoms with Gasteiger partial charge in [-0.15, -0.1) is 0 Å². The highest BCUT2D eigenvalue weighted by atomic mass is 16.2. The van der Waals surface area contributed by atoms with Crippen LogP contribution < -0.4 is 10.2 Å². The Morgan fingerprint density at radius 1 is 1.00 bits per heavy atom. The van der Waals surface area contributed by atoms with Crippen molar-refractivity contribution in [1.29, 1.82) is 0 Å². The number of carbonyl (C=O) groups excluding carboxylic acids is 2. The number of para-hydroxylation sites is 1. The van der Waals surface area contributed by atoms with Crippen LogP contribution >= 0.6 is 0 Å². The molecule has 1 N–H and O–H groups in total. The Morgan fingerprint density at radius 2 is 1.77 bits per heavy atom. The van der Waals surface area contributed by atoms with E-state index < -0.39 is 0 Å². The molecule has 6 heteroatoms. The van der Waals surface area contributed by atoms with Crippen molar-refractivity contribution >= 4 is 23.2 Å². The van der Waals surface area contributed by atoms with Gasteiger partial charge in [-0.2, -0.15) is 5.10 Å². The Kier molecular flexibility index (Phi) is 4.23. The summed E-state index contributed by atoms with van der Waals surface area (Å²) in [6, 6.07) is 16.9. The average Bonchev–Trinajstić information content (AvgIpc) is 3.32. The third kappa shape index (κ3) is 3.21. The number of nitrogens with zero attached hydrogens (tertiary/aromatic N) is 3. The molecule has 0 atom stereocenters. The molecule has 4 rings (SSSR count).